The number of nitrogens with zero attached hydrogens (tertiary/aromatic N) is 1. The van der Waals surface area contributed by atoms with Gasteiger partial charge >= 0.3 is 60.9 Å². The average Bonchev–Trinajstić information content (AvgIpc) is 2.12. The van der Waals surface area contributed by atoms with E-state index in [1.54, 1.807) is 0 Å². The fraction of sp³-hybridized carbons (Fsp3) is 0.333. The number of hydrogen-bond donors (Lipinski definition) is 0. The van der Waals surface area contributed by atoms with Gasteiger partial charge in [0.25, 0.3) is 0 Å². The number of aromatic nitrogens is 1. The van der Waals surface area contributed by atoms with Crippen molar-refractivity contribution in [3.8, 4) is 0 Å². The Morgan fingerprint density at radius 3 is 2.30 bits per heavy atom. The first-order chi connectivity index (χ1) is 4.25. The van der Waals surface area contributed by atoms with Crippen molar-refractivity contribution < 1.29 is 21.2 Å². The van der Waals surface area contributed by atoms with Gasteiger partial charge in [0, 0.05) is 0 Å². The van der Waals surface area contributed by atoms with Crippen molar-refractivity contribution in [1.82, 2.24) is 5.16 Å². The zero-order valence-corrected chi connectivity index (χ0v) is 10.9. The van der Waals surface area contributed by atoms with E-state index in [1.807, 2.05) is 13.8 Å². The monoisotopic (exact) mass is 254 g/mol. The van der Waals surface area contributed by atoms with Crippen molar-refractivity contribution in [2.24, 2.45) is 0 Å². The van der Waals surface area contributed by atoms with E-state index in [1.165, 1.54) is 4.16 Å². The number of halogens is 1. The molecule has 0 saturated carbocycles. The Kier molecular flexibility index (Phi) is 4.22. The summed E-state index contributed by atoms with van der Waals surface area (Å²) in [5, 5.41) is 7.76. The summed E-state index contributed by atoms with van der Waals surface area (Å²) in [5.41, 5.74) is 1.04. The molecule has 0 amide bonds. The molecule has 10 heavy (non-hydrogen) atoms. The molecule has 1 aromatic rings. The Bertz CT molecular complexity index is 214. The molecule has 0 aliphatic heterocycles. The van der Waals surface area contributed by atoms with Crippen molar-refractivity contribution >= 4 is 26.3 Å². The van der Waals surface area contributed by atoms with Crippen LogP contribution in [0.3, 0.4) is 0 Å². The molecule has 0 radical (unpaired) electrons. The van der Waals surface area contributed by atoms with Crippen LogP contribution in [0.25, 0.3) is 0 Å². The van der Waals surface area contributed by atoms with Crippen LogP contribution in [-0.2, 0) is 16.7 Å². The molecule has 0 bridgehead atoms. The van der Waals surface area contributed by atoms with Crippen molar-refractivity contribution in [2.45, 2.75) is 13.8 Å². The summed E-state index contributed by atoms with van der Waals surface area (Å²) in [6.07, 6.45) is 0. The molecule has 0 aromatic carbocycles. The first-order valence-corrected chi connectivity index (χ1v) is 6.55. The molecule has 0 atom stereocenters. The van der Waals surface area contributed by atoms with Gasteiger partial charge in [0.1, 0.15) is 0 Å². The van der Waals surface area contributed by atoms with Gasteiger partial charge < -0.3 is 0 Å². The van der Waals surface area contributed by atoms with Gasteiger partial charge in [-0.3, -0.25) is 0 Å². The Balaban J connectivity index is 0.000000810. The van der Waals surface area contributed by atoms with Crippen molar-refractivity contribution in [3.63, 3.8) is 0 Å². The SMILES string of the molecule is Br.[CH2]=[Zn][c]1c(C)noc1C. The van der Waals surface area contributed by atoms with Gasteiger partial charge in [0.05, 0.1) is 0 Å². The van der Waals surface area contributed by atoms with Crippen molar-refractivity contribution in [1.29, 1.82) is 0 Å². The minimum atomic E-state index is -0.714. The van der Waals surface area contributed by atoms with Crippen LogP contribution in [0, 0.1) is 13.8 Å². The Morgan fingerprint density at radius 2 is 2.10 bits per heavy atom. The van der Waals surface area contributed by atoms with Crippen LogP contribution in [-0.4, -0.2) is 10.3 Å². The fourth-order valence-corrected chi connectivity index (χ4v) is 2.63. The van der Waals surface area contributed by atoms with Gasteiger partial charge in [0.2, 0.25) is 0 Å². The first-order valence-electron chi connectivity index (χ1n) is 2.96. The molecule has 0 unspecified atom stereocenters. The van der Waals surface area contributed by atoms with E-state index in [-0.39, 0.29) is 17.0 Å². The van der Waals surface area contributed by atoms with Crippen molar-refractivity contribution in [2.75, 3.05) is 0 Å². The van der Waals surface area contributed by atoms with Gasteiger partial charge in [0.15, 0.2) is 0 Å². The molecular formula is C6H9BrNOZn. The maximum atomic E-state index is 4.94. The van der Waals surface area contributed by atoms with Crippen LogP contribution in [0.4, 0.5) is 0 Å². The summed E-state index contributed by atoms with van der Waals surface area (Å²) in [5.74, 6) is 0.975. The Labute approximate surface area is 77.9 Å². The van der Waals surface area contributed by atoms with E-state index < -0.39 is 16.7 Å². The standard InChI is InChI=1S/C5H6NO.CH2.BrH.Zn/c1-4-3-5(2)7-6-4;;;/h1-2H3;1H2;1H;. The van der Waals surface area contributed by atoms with E-state index in [0.29, 0.717) is 0 Å². The van der Waals surface area contributed by atoms with Crippen LogP contribution < -0.4 is 4.16 Å². The van der Waals surface area contributed by atoms with E-state index in [0.717, 1.165) is 11.5 Å². The second-order valence-corrected chi connectivity index (χ2v) is 4.59. The summed E-state index contributed by atoms with van der Waals surface area (Å²) in [7, 11) is 0. The molecule has 0 N–H and O–H groups in total. The van der Waals surface area contributed by atoms with Crippen LogP contribution in [0.1, 0.15) is 11.5 Å². The van der Waals surface area contributed by atoms with E-state index in [2.05, 4.69) is 10.3 Å². The summed E-state index contributed by atoms with van der Waals surface area (Å²) in [4.78, 5) is 0. The maximum absolute atomic E-state index is 4.94. The van der Waals surface area contributed by atoms with Gasteiger partial charge in [-0.05, 0) is 0 Å². The molecule has 4 heteroatoms. The zero-order valence-electron chi connectivity index (χ0n) is 6.18. The van der Waals surface area contributed by atoms with E-state index >= 15 is 0 Å². The molecule has 0 fully saturated rings. The second-order valence-electron chi connectivity index (χ2n) is 2.05. The predicted molar refractivity (Wildman–Crippen MR) is 43.1 cm³/mol. The normalized spacial score (nSPS) is 8.20. The first kappa shape index (κ1) is 10.2. The molecule has 1 rings (SSSR count). The summed E-state index contributed by atoms with van der Waals surface area (Å²) < 4.78 is 6.26. The zero-order chi connectivity index (χ0) is 6.85. The summed E-state index contributed by atoms with van der Waals surface area (Å²) in [6, 6.07) is 0. The number of rotatable bonds is 1. The third-order valence-corrected chi connectivity index (χ3v) is 4.60. The summed E-state index contributed by atoms with van der Waals surface area (Å²) in [6.45, 7) is 3.92. The topological polar surface area (TPSA) is 26.0 Å². The second kappa shape index (κ2) is 4.14. The van der Waals surface area contributed by atoms with E-state index in [9.17, 15) is 0 Å². The van der Waals surface area contributed by atoms with Gasteiger partial charge in [-0.2, -0.15) is 0 Å². The average molecular weight is 256 g/mol. The van der Waals surface area contributed by atoms with Crippen LogP contribution in [0.2, 0.25) is 0 Å². The molecule has 1 aromatic heterocycles. The van der Waals surface area contributed by atoms with Crippen LogP contribution >= 0.6 is 17.0 Å². The third kappa shape index (κ3) is 1.83. The quantitative estimate of drug-likeness (QED) is 0.701. The Hall–Kier alpha value is 0.183. The van der Waals surface area contributed by atoms with Crippen LogP contribution in [0.15, 0.2) is 4.52 Å². The van der Waals surface area contributed by atoms with E-state index in [4.69, 9.17) is 4.52 Å². The number of aryl methyl sites for hydroxylation is 2. The predicted octanol–water partition coefficient (Wildman–Crippen LogP) is 1.01. The molecule has 53 valence electrons. The minimum absolute atomic E-state index is 0. The molecular weight excluding hydrogens is 247 g/mol. The van der Waals surface area contributed by atoms with Crippen molar-refractivity contribution in [3.05, 3.63) is 11.5 Å². The summed E-state index contributed by atoms with van der Waals surface area (Å²) >= 11 is -0.714. The van der Waals surface area contributed by atoms with Crippen LogP contribution in [0.5, 0.6) is 0 Å². The molecule has 0 aliphatic carbocycles. The molecule has 0 spiro atoms. The molecule has 0 saturated heterocycles. The fourth-order valence-electron chi connectivity index (χ4n) is 0.859. The number of hydrogen-bond acceptors (Lipinski definition) is 2. The molecule has 0 aliphatic rings. The molecule has 1 heterocycles. The molecule has 2 nitrogen and oxygen atoms in total. The van der Waals surface area contributed by atoms with Gasteiger partial charge in [-0.25, -0.2) is 0 Å². The van der Waals surface area contributed by atoms with Gasteiger partial charge in [-0.15, -0.1) is 17.0 Å². The third-order valence-electron chi connectivity index (χ3n) is 1.43. The van der Waals surface area contributed by atoms with Gasteiger partial charge in [-0.1, -0.05) is 0 Å². The Morgan fingerprint density at radius 1 is 1.50 bits per heavy atom.